The Morgan fingerprint density at radius 1 is 1.56 bits per heavy atom. The molecule has 0 aromatic heterocycles. The van der Waals surface area contributed by atoms with Gasteiger partial charge < -0.3 is 10.6 Å². The van der Waals surface area contributed by atoms with E-state index in [1.54, 1.807) is 12.1 Å². The number of hydrogen-bond donors (Lipinski definition) is 2. The van der Waals surface area contributed by atoms with Crippen molar-refractivity contribution in [3.8, 4) is 0 Å². The molecule has 1 heterocycles. The molecule has 0 aliphatic carbocycles. The van der Waals surface area contributed by atoms with E-state index in [2.05, 4.69) is 10.6 Å². The summed E-state index contributed by atoms with van der Waals surface area (Å²) in [5.41, 5.74) is 0.785. The average molecular weight is 249 g/mol. The lowest BCUT2D eigenvalue weighted by Crippen LogP contribution is -2.31. The summed E-state index contributed by atoms with van der Waals surface area (Å²) in [5.74, 6) is 0.0233. The molecule has 0 spiro atoms. The first-order valence-corrected chi connectivity index (χ1v) is 5.88. The maximum atomic E-state index is 11.8. The molecule has 1 fully saturated rings. The second kappa shape index (κ2) is 5.59. The van der Waals surface area contributed by atoms with Crippen LogP contribution in [0.4, 0.5) is 5.69 Å². The van der Waals surface area contributed by atoms with Crippen molar-refractivity contribution in [2.45, 2.75) is 13.0 Å². The monoisotopic (exact) mass is 249 g/mol. The predicted molar refractivity (Wildman–Crippen MR) is 65.9 cm³/mol. The van der Waals surface area contributed by atoms with Gasteiger partial charge in [0.1, 0.15) is 0 Å². The molecule has 1 unspecified atom stereocenters. The van der Waals surface area contributed by atoms with E-state index < -0.39 is 4.92 Å². The Kier molecular flexibility index (Phi) is 3.88. The number of rotatable bonds is 4. The number of amides is 1. The summed E-state index contributed by atoms with van der Waals surface area (Å²) < 4.78 is 0. The molecule has 1 saturated heterocycles. The van der Waals surface area contributed by atoms with Gasteiger partial charge in [0.25, 0.3) is 5.69 Å². The molecule has 1 amide bonds. The first-order chi connectivity index (χ1) is 8.66. The number of carbonyl (C=O) groups excluding carboxylic acids is 1. The molecule has 0 saturated carbocycles. The molecule has 0 radical (unpaired) electrons. The molecule has 6 heteroatoms. The van der Waals surface area contributed by atoms with Crippen LogP contribution in [-0.2, 0) is 11.3 Å². The van der Waals surface area contributed by atoms with E-state index in [1.165, 1.54) is 12.1 Å². The summed E-state index contributed by atoms with van der Waals surface area (Å²) in [7, 11) is 0. The van der Waals surface area contributed by atoms with Crippen molar-refractivity contribution in [3.63, 3.8) is 0 Å². The van der Waals surface area contributed by atoms with Crippen molar-refractivity contribution in [1.29, 1.82) is 0 Å². The van der Waals surface area contributed by atoms with Crippen LogP contribution in [0.5, 0.6) is 0 Å². The highest BCUT2D eigenvalue weighted by Gasteiger charge is 2.21. The van der Waals surface area contributed by atoms with Gasteiger partial charge in [-0.1, -0.05) is 12.1 Å². The van der Waals surface area contributed by atoms with Crippen LogP contribution in [0.25, 0.3) is 0 Å². The zero-order chi connectivity index (χ0) is 13.0. The van der Waals surface area contributed by atoms with E-state index in [-0.39, 0.29) is 17.5 Å². The highest BCUT2D eigenvalue weighted by atomic mass is 16.6. The molecule has 1 aromatic carbocycles. The largest absolute Gasteiger partial charge is 0.352 e. The Labute approximate surface area is 105 Å². The molecule has 1 aromatic rings. The normalized spacial score (nSPS) is 18.6. The summed E-state index contributed by atoms with van der Waals surface area (Å²) in [4.78, 5) is 21.9. The Bertz CT molecular complexity index is 456. The van der Waals surface area contributed by atoms with E-state index in [1.807, 2.05) is 0 Å². The molecule has 1 atom stereocenters. The van der Waals surface area contributed by atoms with E-state index in [0.29, 0.717) is 13.1 Å². The van der Waals surface area contributed by atoms with Crippen LogP contribution in [0, 0.1) is 16.0 Å². The van der Waals surface area contributed by atoms with Gasteiger partial charge in [0.05, 0.1) is 10.8 Å². The second-order valence-electron chi connectivity index (χ2n) is 4.33. The van der Waals surface area contributed by atoms with Crippen molar-refractivity contribution in [2.75, 3.05) is 13.1 Å². The molecule has 0 bridgehead atoms. The first kappa shape index (κ1) is 12.5. The van der Waals surface area contributed by atoms with Crippen LogP contribution in [-0.4, -0.2) is 23.9 Å². The zero-order valence-electron chi connectivity index (χ0n) is 9.89. The van der Waals surface area contributed by atoms with Gasteiger partial charge in [-0.3, -0.25) is 14.9 Å². The smallest absolute Gasteiger partial charge is 0.269 e. The van der Waals surface area contributed by atoms with Crippen molar-refractivity contribution in [2.24, 2.45) is 5.92 Å². The van der Waals surface area contributed by atoms with Crippen LogP contribution in [0.3, 0.4) is 0 Å². The fourth-order valence-electron chi connectivity index (χ4n) is 1.99. The fourth-order valence-corrected chi connectivity index (χ4v) is 1.99. The highest BCUT2D eigenvalue weighted by molar-refractivity contribution is 5.79. The van der Waals surface area contributed by atoms with E-state index in [4.69, 9.17) is 0 Å². The van der Waals surface area contributed by atoms with Gasteiger partial charge in [-0.15, -0.1) is 0 Å². The van der Waals surface area contributed by atoms with Crippen molar-refractivity contribution in [1.82, 2.24) is 10.6 Å². The summed E-state index contributed by atoms with van der Waals surface area (Å²) in [6.07, 6.45) is 0.848. The molecular weight excluding hydrogens is 234 g/mol. The SMILES string of the molecule is O=C(NCc1cccc([N+](=O)[O-])c1)C1CCNC1. The third kappa shape index (κ3) is 3.04. The van der Waals surface area contributed by atoms with E-state index in [9.17, 15) is 14.9 Å². The quantitative estimate of drug-likeness (QED) is 0.611. The van der Waals surface area contributed by atoms with Crippen molar-refractivity contribution < 1.29 is 9.72 Å². The van der Waals surface area contributed by atoms with Gasteiger partial charge in [0, 0.05) is 25.2 Å². The molecule has 96 valence electrons. The van der Waals surface area contributed by atoms with E-state index in [0.717, 1.165) is 18.5 Å². The number of nitro benzene ring substituents is 1. The molecular formula is C12H15N3O3. The molecule has 18 heavy (non-hydrogen) atoms. The van der Waals surface area contributed by atoms with Crippen molar-refractivity contribution >= 4 is 11.6 Å². The first-order valence-electron chi connectivity index (χ1n) is 5.88. The van der Waals surface area contributed by atoms with Crippen LogP contribution in [0.15, 0.2) is 24.3 Å². The van der Waals surface area contributed by atoms with Crippen LogP contribution < -0.4 is 10.6 Å². The summed E-state index contributed by atoms with van der Waals surface area (Å²) in [6, 6.07) is 6.30. The van der Waals surface area contributed by atoms with Crippen LogP contribution >= 0.6 is 0 Å². The number of carbonyl (C=O) groups is 1. The lowest BCUT2D eigenvalue weighted by atomic mass is 10.1. The maximum Gasteiger partial charge on any atom is 0.269 e. The minimum absolute atomic E-state index is 0.00602. The summed E-state index contributed by atoms with van der Waals surface area (Å²) in [6.45, 7) is 1.91. The Morgan fingerprint density at radius 3 is 3.06 bits per heavy atom. The van der Waals surface area contributed by atoms with E-state index >= 15 is 0 Å². The lowest BCUT2D eigenvalue weighted by molar-refractivity contribution is -0.384. The van der Waals surface area contributed by atoms with Gasteiger partial charge in [-0.25, -0.2) is 0 Å². The topological polar surface area (TPSA) is 84.3 Å². The summed E-state index contributed by atoms with van der Waals surface area (Å²) in [5, 5.41) is 16.5. The number of nitrogens with zero attached hydrogens (tertiary/aromatic N) is 1. The Morgan fingerprint density at radius 2 is 2.39 bits per heavy atom. The molecule has 1 aliphatic rings. The fraction of sp³-hybridized carbons (Fsp3) is 0.417. The second-order valence-corrected chi connectivity index (χ2v) is 4.33. The minimum Gasteiger partial charge on any atom is -0.352 e. The molecule has 1 aliphatic heterocycles. The Hall–Kier alpha value is -1.95. The van der Waals surface area contributed by atoms with Crippen molar-refractivity contribution in [3.05, 3.63) is 39.9 Å². The minimum atomic E-state index is -0.438. The number of nitrogens with one attached hydrogen (secondary N) is 2. The standard InChI is InChI=1S/C12H15N3O3/c16-12(10-4-5-13-8-10)14-7-9-2-1-3-11(6-9)15(17)18/h1-3,6,10,13H,4-5,7-8H2,(H,14,16). The number of benzene rings is 1. The van der Waals surface area contributed by atoms with Crippen LogP contribution in [0.2, 0.25) is 0 Å². The third-order valence-electron chi connectivity index (χ3n) is 3.02. The van der Waals surface area contributed by atoms with Gasteiger partial charge in [0.2, 0.25) is 5.91 Å². The van der Waals surface area contributed by atoms with Crippen LogP contribution in [0.1, 0.15) is 12.0 Å². The number of hydrogen-bond acceptors (Lipinski definition) is 4. The molecule has 2 rings (SSSR count). The summed E-state index contributed by atoms with van der Waals surface area (Å²) >= 11 is 0. The average Bonchev–Trinajstić information content (AvgIpc) is 2.90. The zero-order valence-corrected chi connectivity index (χ0v) is 9.89. The predicted octanol–water partition coefficient (Wildman–Crippen LogP) is 0.820. The lowest BCUT2D eigenvalue weighted by Gasteiger charge is -2.09. The van der Waals surface area contributed by atoms with Gasteiger partial charge in [-0.2, -0.15) is 0 Å². The Balaban J connectivity index is 1.91. The molecule has 6 nitrogen and oxygen atoms in total. The third-order valence-corrected chi connectivity index (χ3v) is 3.02. The van der Waals surface area contributed by atoms with Gasteiger partial charge >= 0.3 is 0 Å². The maximum absolute atomic E-state index is 11.8. The number of non-ortho nitro benzene ring substituents is 1. The van der Waals surface area contributed by atoms with Gasteiger partial charge in [-0.05, 0) is 18.5 Å². The number of nitro groups is 1. The highest BCUT2D eigenvalue weighted by Crippen LogP contribution is 2.13. The molecule has 2 N–H and O–H groups in total. The van der Waals surface area contributed by atoms with Gasteiger partial charge in [0.15, 0.2) is 0 Å².